The molecule has 0 fully saturated rings. The van der Waals surface area contributed by atoms with Gasteiger partial charge >= 0.3 is 5.97 Å². The van der Waals surface area contributed by atoms with Gasteiger partial charge in [0, 0.05) is 50.6 Å². The molecule has 0 aliphatic heterocycles. The van der Waals surface area contributed by atoms with Gasteiger partial charge in [-0.2, -0.15) is 0 Å². The zero-order valence-electron chi connectivity index (χ0n) is 15.0. The number of nitrogens with one attached hydrogen (secondary N) is 3. The molecule has 2 rings (SSSR count). The van der Waals surface area contributed by atoms with Crippen LogP contribution in [0.4, 0.5) is 4.39 Å². The molecule has 1 aromatic carbocycles. The zero-order chi connectivity index (χ0) is 20.0. The Morgan fingerprint density at radius 2 is 2.00 bits per heavy atom. The summed E-state index contributed by atoms with van der Waals surface area (Å²) >= 11 is 0. The summed E-state index contributed by atoms with van der Waals surface area (Å²) in [6, 6.07) is 2.11. The van der Waals surface area contributed by atoms with Crippen molar-refractivity contribution in [3.05, 3.63) is 35.8 Å². The summed E-state index contributed by atoms with van der Waals surface area (Å²) in [6.07, 6.45) is 1.84. The molecule has 146 valence electrons. The van der Waals surface area contributed by atoms with E-state index in [-0.39, 0.29) is 19.4 Å². The minimum Gasteiger partial charge on any atom is -0.480 e. The average molecular weight is 379 g/mol. The van der Waals surface area contributed by atoms with E-state index >= 15 is 0 Å². The van der Waals surface area contributed by atoms with Gasteiger partial charge in [-0.1, -0.05) is 0 Å². The highest BCUT2D eigenvalue weighted by Crippen LogP contribution is 2.20. The number of carbonyl (C=O) groups is 3. The number of benzene rings is 1. The Bertz CT molecular complexity index is 836. The number of rotatable bonds is 9. The van der Waals surface area contributed by atoms with Crippen molar-refractivity contribution in [1.82, 2.24) is 15.6 Å². The quantitative estimate of drug-likeness (QED) is 0.517. The number of hydrogen-bond donors (Lipinski definition) is 4. The van der Waals surface area contributed by atoms with Crippen LogP contribution in [0.5, 0.6) is 0 Å². The van der Waals surface area contributed by atoms with Crippen LogP contribution in [-0.2, 0) is 25.5 Å². The highest BCUT2D eigenvalue weighted by molar-refractivity contribution is 5.91. The third kappa shape index (κ3) is 5.52. The number of amides is 2. The summed E-state index contributed by atoms with van der Waals surface area (Å²) < 4.78 is 18.2. The normalized spacial score (nSPS) is 13.1. The van der Waals surface area contributed by atoms with Gasteiger partial charge in [0.1, 0.15) is 17.9 Å². The molecule has 27 heavy (non-hydrogen) atoms. The van der Waals surface area contributed by atoms with E-state index in [2.05, 4.69) is 15.6 Å². The number of aromatic nitrogens is 1. The fourth-order valence-corrected chi connectivity index (χ4v) is 2.77. The van der Waals surface area contributed by atoms with Crippen molar-refractivity contribution >= 4 is 28.7 Å². The Kier molecular flexibility index (Phi) is 6.89. The fourth-order valence-electron chi connectivity index (χ4n) is 2.77. The SMILES string of the molecule is COCCC(NC(=O)C(Cc1c[nH]c2cc(F)ccc12)NC(C)=O)C(=O)O. The second-order valence-electron chi connectivity index (χ2n) is 6.14. The average Bonchev–Trinajstić information content (AvgIpc) is 2.99. The van der Waals surface area contributed by atoms with E-state index in [1.54, 1.807) is 12.3 Å². The van der Waals surface area contributed by atoms with Gasteiger partial charge in [-0.25, -0.2) is 9.18 Å². The number of methoxy groups -OCH3 is 1. The number of carbonyl (C=O) groups excluding carboxylic acids is 2. The molecular weight excluding hydrogens is 357 g/mol. The lowest BCUT2D eigenvalue weighted by Crippen LogP contribution is -2.52. The van der Waals surface area contributed by atoms with Gasteiger partial charge in [0.15, 0.2) is 0 Å². The van der Waals surface area contributed by atoms with E-state index in [0.29, 0.717) is 16.5 Å². The molecule has 9 heteroatoms. The molecule has 1 heterocycles. The van der Waals surface area contributed by atoms with Crippen molar-refractivity contribution < 1.29 is 28.6 Å². The number of carboxylic acids is 1. The van der Waals surface area contributed by atoms with Crippen LogP contribution in [0.25, 0.3) is 10.9 Å². The highest BCUT2D eigenvalue weighted by atomic mass is 19.1. The summed E-state index contributed by atoms with van der Waals surface area (Å²) in [4.78, 5) is 38.3. The molecule has 0 spiro atoms. The monoisotopic (exact) mass is 379 g/mol. The number of halogens is 1. The van der Waals surface area contributed by atoms with E-state index in [1.807, 2.05) is 0 Å². The Labute approximate surface area is 155 Å². The van der Waals surface area contributed by atoms with Crippen molar-refractivity contribution in [3.63, 3.8) is 0 Å². The lowest BCUT2D eigenvalue weighted by molar-refractivity contribution is -0.142. The first-order chi connectivity index (χ1) is 12.8. The molecule has 0 aliphatic rings. The van der Waals surface area contributed by atoms with Gasteiger partial charge in [0.25, 0.3) is 0 Å². The molecular formula is C18H22FN3O5. The molecule has 8 nitrogen and oxygen atoms in total. The van der Waals surface area contributed by atoms with E-state index in [4.69, 9.17) is 4.74 Å². The van der Waals surface area contributed by atoms with Crippen molar-refractivity contribution in [2.24, 2.45) is 0 Å². The number of aliphatic carboxylic acids is 1. The van der Waals surface area contributed by atoms with Crippen LogP contribution in [0.1, 0.15) is 18.9 Å². The minimum atomic E-state index is -1.19. The molecule has 0 aliphatic carbocycles. The van der Waals surface area contributed by atoms with Crippen molar-refractivity contribution in [1.29, 1.82) is 0 Å². The summed E-state index contributed by atoms with van der Waals surface area (Å²) in [5.41, 5.74) is 1.26. The molecule has 0 saturated heterocycles. The molecule has 2 unspecified atom stereocenters. The van der Waals surface area contributed by atoms with Gasteiger partial charge < -0.3 is 25.5 Å². The van der Waals surface area contributed by atoms with E-state index in [0.717, 1.165) is 0 Å². The van der Waals surface area contributed by atoms with Crippen LogP contribution in [0.2, 0.25) is 0 Å². The number of ether oxygens (including phenoxy) is 1. The van der Waals surface area contributed by atoms with Crippen LogP contribution in [0.15, 0.2) is 24.4 Å². The molecule has 0 saturated carbocycles. The molecule has 4 N–H and O–H groups in total. The first-order valence-corrected chi connectivity index (χ1v) is 8.36. The summed E-state index contributed by atoms with van der Waals surface area (Å²) in [5, 5.41) is 14.9. The van der Waals surface area contributed by atoms with E-state index in [1.165, 1.54) is 26.2 Å². The Hall–Kier alpha value is -2.94. The lowest BCUT2D eigenvalue weighted by atomic mass is 10.0. The molecule has 2 atom stereocenters. The van der Waals surface area contributed by atoms with Crippen LogP contribution >= 0.6 is 0 Å². The van der Waals surface area contributed by atoms with Gasteiger partial charge in [0.05, 0.1) is 0 Å². The third-order valence-electron chi connectivity index (χ3n) is 4.07. The Morgan fingerprint density at radius 3 is 2.63 bits per heavy atom. The predicted octanol–water partition coefficient (Wildman–Crippen LogP) is 0.960. The third-order valence-corrected chi connectivity index (χ3v) is 4.07. The lowest BCUT2D eigenvalue weighted by Gasteiger charge is -2.21. The zero-order valence-corrected chi connectivity index (χ0v) is 15.0. The first kappa shape index (κ1) is 20.4. The minimum absolute atomic E-state index is 0.0940. The number of fused-ring (bicyclic) bond motifs is 1. The highest BCUT2D eigenvalue weighted by Gasteiger charge is 2.26. The van der Waals surface area contributed by atoms with Gasteiger partial charge in [-0.05, 0) is 23.8 Å². The van der Waals surface area contributed by atoms with Crippen LogP contribution < -0.4 is 10.6 Å². The van der Waals surface area contributed by atoms with Crippen LogP contribution in [-0.4, -0.2) is 53.7 Å². The predicted molar refractivity (Wildman–Crippen MR) is 95.6 cm³/mol. The van der Waals surface area contributed by atoms with Crippen molar-refractivity contribution in [2.45, 2.75) is 31.8 Å². The Morgan fingerprint density at radius 1 is 1.26 bits per heavy atom. The maximum absolute atomic E-state index is 13.3. The maximum Gasteiger partial charge on any atom is 0.326 e. The van der Waals surface area contributed by atoms with Crippen LogP contribution in [0.3, 0.4) is 0 Å². The standard InChI is InChI=1S/C18H22FN3O5/c1-10(23)21-16(17(24)22-14(18(25)26)5-6-27-2)7-11-9-20-15-8-12(19)3-4-13(11)15/h3-4,8-9,14,16,20H,5-7H2,1-2H3,(H,21,23)(H,22,24)(H,25,26). The largest absolute Gasteiger partial charge is 0.480 e. The van der Waals surface area contributed by atoms with E-state index < -0.39 is 35.7 Å². The summed E-state index contributed by atoms with van der Waals surface area (Å²) in [7, 11) is 1.43. The molecule has 2 amide bonds. The van der Waals surface area contributed by atoms with Crippen LogP contribution in [0, 0.1) is 5.82 Å². The van der Waals surface area contributed by atoms with Gasteiger partial charge in [0.2, 0.25) is 11.8 Å². The molecule has 2 aromatic rings. The fraction of sp³-hybridized carbons (Fsp3) is 0.389. The second-order valence-corrected chi connectivity index (χ2v) is 6.14. The molecule has 0 radical (unpaired) electrons. The number of aromatic amines is 1. The molecule has 0 bridgehead atoms. The number of carboxylic acid groups (broad SMARTS) is 1. The maximum atomic E-state index is 13.3. The summed E-state index contributed by atoms with van der Waals surface area (Å²) in [6.45, 7) is 1.43. The smallest absolute Gasteiger partial charge is 0.326 e. The van der Waals surface area contributed by atoms with E-state index in [9.17, 15) is 23.9 Å². The van der Waals surface area contributed by atoms with Crippen molar-refractivity contribution in [3.8, 4) is 0 Å². The number of H-pyrrole nitrogens is 1. The number of hydrogen-bond acceptors (Lipinski definition) is 4. The second kappa shape index (κ2) is 9.13. The van der Waals surface area contributed by atoms with Crippen molar-refractivity contribution in [2.75, 3.05) is 13.7 Å². The first-order valence-electron chi connectivity index (χ1n) is 8.36. The molecule has 1 aromatic heterocycles. The van der Waals surface area contributed by atoms with Gasteiger partial charge in [-0.15, -0.1) is 0 Å². The topological polar surface area (TPSA) is 121 Å². The summed E-state index contributed by atoms with van der Waals surface area (Å²) in [5.74, 6) is -2.63. The Balaban J connectivity index is 2.19. The van der Waals surface area contributed by atoms with Gasteiger partial charge in [-0.3, -0.25) is 9.59 Å².